The van der Waals surface area contributed by atoms with Crippen LogP contribution in [0.25, 0.3) is 0 Å². The Labute approximate surface area is 91.6 Å². The molecule has 0 saturated carbocycles. The molecule has 0 bridgehead atoms. The van der Waals surface area contributed by atoms with Gasteiger partial charge in [-0.3, -0.25) is 0 Å². The molecule has 1 unspecified atom stereocenters. The Morgan fingerprint density at radius 3 is 2.50 bits per heavy atom. The van der Waals surface area contributed by atoms with E-state index in [9.17, 15) is 9.18 Å². The van der Waals surface area contributed by atoms with Crippen LogP contribution >= 0.6 is 15.9 Å². The van der Waals surface area contributed by atoms with Gasteiger partial charge in [0.1, 0.15) is 12.4 Å². The molecule has 0 aromatic carbocycles. The fourth-order valence-corrected chi connectivity index (χ4v) is 0.907. The second-order valence-electron chi connectivity index (χ2n) is 3.95. The maximum atomic E-state index is 13.3. The average Bonchev–Trinajstić information content (AvgIpc) is 2.00. The predicted octanol–water partition coefficient (Wildman–Crippen LogP) is 2.74. The predicted molar refractivity (Wildman–Crippen MR) is 56.9 cm³/mol. The number of amides is 1. The Morgan fingerprint density at radius 2 is 2.14 bits per heavy atom. The van der Waals surface area contributed by atoms with E-state index >= 15 is 0 Å². The quantitative estimate of drug-likeness (QED) is 0.800. The first kappa shape index (κ1) is 13.4. The number of hydrogen-bond donors (Lipinski definition) is 1. The van der Waals surface area contributed by atoms with Gasteiger partial charge in [0.05, 0.1) is 4.83 Å². The van der Waals surface area contributed by atoms with Crippen LogP contribution in [0.1, 0.15) is 20.8 Å². The Bertz CT molecular complexity index is 235. The number of nitrogens with two attached hydrogens (primary N) is 1. The molecule has 0 heterocycles. The molecule has 2 N–H and O–H groups in total. The molecule has 0 aliphatic heterocycles. The van der Waals surface area contributed by atoms with Gasteiger partial charge in [0, 0.05) is 0 Å². The third-order valence-electron chi connectivity index (χ3n) is 1.51. The molecule has 3 nitrogen and oxygen atoms in total. The summed E-state index contributed by atoms with van der Waals surface area (Å²) < 4.78 is 17.7. The van der Waals surface area contributed by atoms with Crippen molar-refractivity contribution in [1.82, 2.24) is 0 Å². The van der Waals surface area contributed by atoms with Gasteiger partial charge in [-0.05, 0) is 11.5 Å². The highest BCUT2D eigenvalue weighted by Gasteiger charge is 2.25. The van der Waals surface area contributed by atoms with Crippen molar-refractivity contribution < 1.29 is 13.9 Å². The van der Waals surface area contributed by atoms with E-state index in [4.69, 9.17) is 5.73 Å². The SMILES string of the molecule is CC(C)(C)C(Br)/C(F)=C/COC(N)=O. The first-order valence-electron chi connectivity index (χ1n) is 4.17. The first-order chi connectivity index (χ1) is 6.25. The summed E-state index contributed by atoms with van der Waals surface area (Å²) in [6.07, 6.45) is 0.283. The molecular formula is C9H15BrFNO2. The van der Waals surface area contributed by atoms with Gasteiger partial charge in [-0.1, -0.05) is 36.7 Å². The molecule has 1 atom stereocenters. The Hall–Kier alpha value is -0.580. The maximum absolute atomic E-state index is 13.3. The van der Waals surface area contributed by atoms with Crippen molar-refractivity contribution in [2.75, 3.05) is 6.61 Å². The van der Waals surface area contributed by atoms with E-state index in [2.05, 4.69) is 20.7 Å². The summed E-state index contributed by atoms with van der Waals surface area (Å²) in [5.41, 5.74) is 4.49. The number of hydrogen-bond acceptors (Lipinski definition) is 2. The second kappa shape index (κ2) is 5.34. The van der Waals surface area contributed by atoms with Gasteiger partial charge >= 0.3 is 6.09 Å². The van der Waals surface area contributed by atoms with Gasteiger partial charge in [0.2, 0.25) is 0 Å². The fraction of sp³-hybridized carbons (Fsp3) is 0.667. The van der Waals surface area contributed by atoms with Crippen LogP contribution in [0.15, 0.2) is 11.9 Å². The van der Waals surface area contributed by atoms with Crippen molar-refractivity contribution >= 4 is 22.0 Å². The van der Waals surface area contributed by atoms with Crippen molar-refractivity contribution in [3.63, 3.8) is 0 Å². The zero-order chi connectivity index (χ0) is 11.4. The van der Waals surface area contributed by atoms with Crippen LogP contribution < -0.4 is 5.73 Å². The minimum Gasteiger partial charge on any atom is -0.445 e. The van der Waals surface area contributed by atoms with Gasteiger partial charge < -0.3 is 10.5 Å². The number of carbonyl (C=O) groups excluding carboxylic acids is 1. The molecular weight excluding hydrogens is 253 g/mol. The van der Waals surface area contributed by atoms with E-state index in [1.807, 2.05) is 20.8 Å². The van der Waals surface area contributed by atoms with E-state index in [0.29, 0.717) is 0 Å². The lowest BCUT2D eigenvalue weighted by atomic mass is 9.91. The summed E-state index contributed by atoms with van der Waals surface area (Å²) in [4.78, 5) is 9.79. The van der Waals surface area contributed by atoms with E-state index in [1.165, 1.54) is 6.08 Å². The van der Waals surface area contributed by atoms with E-state index in [-0.39, 0.29) is 17.8 Å². The van der Waals surface area contributed by atoms with Crippen LogP contribution in [0.4, 0.5) is 9.18 Å². The van der Waals surface area contributed by atoms with Crippen LogP contribution in [0, 0.1) is 5.41 Å². The highest BCUT2D eigenvalue weighted by atomic mass is 79.9. The average molecular weight is 268 g/mol. The van der Waals surface area contributed by atoms with Gasteiger partial charge in [-0.25, -0.2) is 9.18 Å². The summed E-state index contributed by atoms with van der Waals surface area (Å²) in [7, 11) is 0. The van der Waals surface area contributed by atoms with Gasteiger partial charge in [-0.2, -0.15) is 0 Å². The molecule has 0 spiro atoms. The minimum atomic E-state index is -0.907. The van der Waals surface area contributed by atoms with E-state index in [1.54, 1.807) is 0 Å². The molecule has 0 aliphatic rings. The lowest BCUT2D eigenvalue weighted by Gasteiger charge is -2.23. The molecule has 0 rings (SSSR count). The van der Waals surface area contributed by atoms with Crippen molar-refractivity contribution in [2.24, 2.45) is 11.1 Å². The molecule has 0 fully saturated rings. The van der Waals surface area contributed by atoms with Crippen LogP contribution in [-0.4, -0.2) is 17.5 Å². The molecule has 82 valence electrons. The second-order valence-corrected chi connectivity index (χ2v) is 4.86. The molecule has 0 aliphatic carbocycles. The smallest absolute Gasteiger partial charge is 0.404 e. The van der Waals surface area contributed by atoms with Crippen molar-refractivity contribution in [1.29, 1.82) is 0 Å². The number of rotatable bonds is 3. The highest BCUT2D eigenvalue weighted by Crippen LogP contribution is 2.32. The van der Waals surface area contributed by atoms with Gasteiger partial charge in [-0.15, -0.1) is 0 Å². The Kier molecular flexibility index (Phi) is 5.12. The summed E-state index contributed by atoms with van der Waals surface area (Å²) in [6.45, 7) is 5.55. The molecule has 14 heavy (non-hydrogen) atoms. The monoisotopic (exact) mass is 267 g/mol. The van der Waals surface area contributed by atoms with Crippen molar-refractivity contribution in [3.05, 3.63) is 11.9 Å². The third-order valence-corrected chi connectivity index (χ3v) is 3.32. The summed E-state index contributed by atoms with van der Waals surface area (Å²) in [5, 5.41) is 0. The maximum Gasteiger partial charge on any atom is 0.404 e. The fourth-order valence-electron chi connectivity index (χ4n) is 0.721. The first-order valence-corrected chi connectivity index (χ1v) is 5.08. The number of ether oxygens (including phenoxy) is 1. The minimum absolute atomic E-state index is 0.140. The number of halogens is 2. The topological polar surface area (TPSA) is 52.3 Å². The zero-order valence-electron chi connectivity index (χ0n) is 8.51. The standard InChI is InChI=1S/C9H15BrFNO2/c1-9(2,3)7(10)6(11)4-5-14-8(12)13/h4,7H,5H2,1-3H3,(H2,12,13)/b6-4-. The molecule has 0 aromatic rings. The lowest BCUT2D eigenvalue weighted by Crippen LogP contribution is -2.21. The van der Waals surface area contributed by atoms with Crippen LogP contribution in [-0.2, 0) is 4.74 Å². The highest BCUT2D eigenvalue weighted by molar-refractivity contribution is 9.09. The number of allylic oxidation sites excluding steroid dienone is 1. The van der Waals surface area contributed by atoms with Crippen LogP contribution in [0.2, 0.25) is 0 Å². The summed E-state index contributed by atoms with van der Waals surface area (Å²) in [5.74, 6) is -0.362. The number of alkyl halides is 1. The third kappa shape index (κ3) is 5.21. The largest absolute Gasteiger partial charge is 0.445 e. The lowest BCUT2D eigenvalue weighted by molar-refractivity contribution is 0.168. The normalized spacial score (nSPS) is 15.1. The summed E-state index contributed by atoms with van der Waals surface area (Å²) in [6, 6.07) is 0. The molecule has 1 amide bonds. The van der Waals surface area contributed by atoms with Crippen molar-refractivity contribution in [2.45, 2.75) is 25.6 Å². The van der Waals surface area contributed by atoms with Gasteiger partial charge in [0.15, 0.2) is 0 Å². The zero-order valence-corrected chi connectivity index (χ0v) is 10.1. The number of primary amides is 1. The number of carbonyl (C=O) groups is 1. The molecule has 5 heteroatoms. The molecule has 0 saturated heterocycles. The molecule has 0 aromatic heterocycles. The Morgan fingerprint density at radius 1 is 1.64 bits per heavy atom. The van der Waals surface area contributed by atoms with E-state index in [0.717, 1.165) is 0 Å². The van der Waals surface area contributed by atoms with Gasteiger partial charge in [0.25, 0.3) is 0 Å². The van der Waals surface area contributed by atoms with Crippen LogP contribution in [0.3, 0.4) is 0 Å². The van der Waals surface area contributed by atoms with Crippen LogP contribution in [0.5, 0.6) is 0 Å². The summed E-state index contributed by atoms with van der Waals surface area (Å²) >= 11 is 3.22. The molecule has 0 radical (unpaired) electrons. The van der Waals surface area contributed by atoms with E-state index < -0.39 is 10.9 Å². The Balaban J connectivity index is 4.18. The van der Waals surface area contributed by atoms with Crippen molar-refractivity contribution in [3.8, 4) is 0 Å².